The lowest BCUT2D eigenvalue weighted by atomic mass is 10.0. The van der Waals surface area contributed by atoms with E-state index in [2.05, 4.69) is 17.1 Å². The average Bonchev–Trinajstić information content (AvgIpc) is 2.73. The molecule has 100 valence electrons. The molecular weight excluding hydrogens is 210 g/mol. The predicted octanol–water partition coefficient (Wildman–Crippen LogP) is 1.72. The van der Waals surface area contributed by atoms with Gasteiger partial charge in [-0.15, -0.1) is 0 Å². The summed E-state index contributed by atoms with van der Waals surface area (Å²) in [4.78, 5) is 2.66. The van der Waals surface area contributed by atoms with Crippen LogP contribution in [0.25, 0.3) is 0 Å². The SMILES string of the molecule is CC1CCCCN1CCCNC1CCC(N)C1. The highest BCUT2D eigenvalue weighted by molar-refractivity contribution is 4.82. The summed E-state index contributed by atoms with van der Waals surface area (Å²) in [6.45, 7) is 6.13. The van der Waals surface area contributed by atoms with Gasteiger partial charge in [-0.2, -0.15) is 0 Å². The zero-order valence-electron chi connectivity index (χ0n) is 11.3. The molecule has 1 heterocycles. The zero-order chi connectivity index (χ0) is 12.1. The Morgan fingerprint density at radius 2 is 2.12 bits per heavy atom. The Hall–Kier alpha value is -0.120. The molecule has 1 saturated carbocycles. The molecule has 3 atom stereocenters. The molecule has 3 unspecified atom stereocenters. The standard InChI is InChI=1S/C14H29N3/c1-12-5-2-3-9-17(12)10-4-8-16-14-7-6-13(15)11-14/h12-14,16H,2-11,15H2,1H3. The molecule has 2 aliphatic rings. The number of nitrogens with one attached hydrogen (secondary N) is 1. The summed E-state index contributed by atoms with van der Waals surface area (Å²) in [5.74, 6) is 0. The van der Waals surface area contributed by atoms with Gasteiger partial charge in [0, 0.05) is 18.1 Å². The van der Waals surface area contributed by atoms with Crippen molar-refractivity contribution >= 4 is 0 Å². The number of rotatable bonds is 5. The summed E-state index contributed by atoms with van der Waals surface area (Å²) in [7, 11) is 0. The maximum absolute atomic E-state index is 5.92. The van der Waals surface area contributed by atoms with E-state index >= 15 is 0 Å². The minimum atomic E-state index is 0.453. The maximum Gasteiger partial charge on any atom is 0.00823 e. The lowest BCUT2D eigenvalue weighted by Gasteiger charge is -2.33. The molecule has 0 spiro atoms. The van der Waals surface area contributed by atoms with E-state index in [9.17, 15) is 0 Å². The normalized spacial score (nSPS) is 35.3. The van der Waals surface area contributed by atoms with Crippen LogP contribution in [0.5, 0.6) is 0 Å². The Bertz CT molecular complexity index is 220. The van der Waals surface area contributed by atoms with E-state index in [1.165, 1.54) is 64.6 Å². The third kappa shape index (κ3) is 4.23. The summed E-state index contributed by atoms with van der Waals surface area (Å²) in [6.07, 6.45) is 9.17. The fraction of sp³-hybridized carbons (Fsp3) is 1.00. The molecule has 0 radical (unpaired) electrons. The first-order valence-electron chi connectivity index (χ1n) is 7.48. The first-order chi connectivity index (χ1) is 8.25. The molecule has 2 rings (SSSR count). The number of hydrogen-bond acceptors (Lipinski definition) is 3. The van der Waals surface area contributed by atoms with Crippen molar-refractivity contribution in [1.82, 2.24) is 10.2 Å². The van der Waals surface area contributed by atoms with Gasteiger partial charge >= 0.3 is 0 Å². The maximum atomic E-state index is 5.92. The van der Waals surface area contributed by atoms with Crippen LogP contribution in [0.15, 0.2) is 0 Å². The number of likely N-dealkylation sites (tertiary alicyclic amines) is 1. The molecule has 1 aliphatic heterocycles. The predicted molar refractivity (Wildman–Crippen MR) is 73.1 cm³/mol. The molecule has 0 aromatic carbocycles. The lowest BCUT2D eigenvalue weighted by molar-refractivity contribution is 0.158. The van der Waals surface area contributed by atoms with Gasteiger partial charge in [0.2, 0.25) is 0 Å². The molecule has 0 amide bonds. The van der Waals surface area contributed by atoms with E-state index in [0.717, 1.165) is 6.04 Å². The third-order valence-corrected chi connectivity index (χ3v) is 4.47. The molecular formula is C14H29N3. The lowest BCUT2D eigenvalue weighted by Crippen LogP contribution is -2.39. The van der Waals surface area contributed by atoms with Crippen molar-refractivity contribution in [3.05, 3.63) is 0 Å². The van der Waals surface area contributed by atoms with Gasteiger partial charge in [0.05, 0.1) is 0 Å². The zero-order valence-corrected chi connectivity index (χ0v) is 11.3. The Morgan fingerprint density at radius 3 is 2.82 bits per heavy atom. The van der Waals surface area contributed by atoms with Crippen molar-refractivity contribution in [3.63, 3.8) is 0 Å². The smallest absolute Gasteiger partial charge is 0.00823 e. The van der Waals surface area contributed by atoms with Crippen molar-refractivity contribution in [2.45, 2.75) is 70.0 Å². The third-order valence-electron chi connectivity index (χ3n) is 4.47. The monoisotopic (exact) mass is 239 g/mol. The Morgan fingerprint density at radius 1 is 1.24 bits per heavy atom. The van der Waals surface area contributed by atoms with Crippen molar-refractivity contribution in [1.29, 1.82) is 0 Å². The molecule has 1 aliphatic carbocycles. The van der Waals surface area contributed by atoms with Gasteiger partial charge in [-0.1, -0.05) is 6.42 Å². The van der Waals surface area contributed by atoms with Crippen LogP contribution in [0.2, 0.25) is 0 Å². The Balaban J connectivity index is 1.53. The van der Waals surface area contributed by atoms with E-state index in [1.54, 1.807) is 0 Å². The van der Waals surface area contributed by atoms with Crippen molar-refractivity contribution < 1.29 is 0 Å². The second-order valence-electron chi connectivity index (χ2n) is 5.96. The number of hydrogen-bond donors (Lipinski definition) is 2. The number of nitrogens with zero attached hydrogens (tertiary/aromatic N) is 1. The molecule has 17 heavy (non-hydrogen) atoms. The highest BCUT2D eigenvalue weighted by Crippen LogP contribution is 2.18. The molecule has 0 aromatic heterocycles. The summed E-state index contributed by atoms with van der Waals surface area (Å²) in [5.41, 5.74) is 5.92. The summed E-state index contributed by atoms with van der Waals surface area (Å²) in [6, 6.07) is 1.96. The van der Waals surface area contributed by atoms with E-state index in [-0.39, 0.29) is 0 Å². The first-order valence-corrected chi connectivity index (χ1v) is 7.48. The number of nitrogens with two attached hydrogens (primary N) is 1. The van der Waals surface area contributed by atoms with Crippen molar-refractivity contribution in [2.24, 2.45) is 5.73 Å². The minimum absolute atomic E-state index is 0.453. The van der Waals surface area contributed by atoms with Crippen LogP contribution in [0.3, 0.4) is 0 Å². The van der Waals surface area contributed by atoms with Gasteiger partial charge in [-0.05, 0) is 65.1 Å². The summed E-state index contributed by atoms with van der Waals surface area (Å²) < 4.78 is 0. The first kappa shape index (κ1) is 13.3. The van der Waals surface area contributed by atoms with Gasteiger partial charge in [0.15, 0.2) is 0 Å². The van der Waals surface area contributed by atoms with Gasteiger partial charge in [0.25, 0.3) is 0 Å². The number of piperidine rings is 1. The minimum Gasteiger partial charge on any atom is -0.328 e. The largest absolute Gasteiger partial charge is 0.328 e. The van der Waals surface area contributed by atoms with Crippen LogP contribution in [-0.2, 0) is 0 Å². The van der Waals surface area contributed by atoms with Crippen LogP contribution in [0, 0.1) is 0 Å². The van der Waals surface area contributed by atoms with Gasteiger partial charge < -0.3 is 16.0 Å². The Kier molecular flexibility index (Phi) is 5.26. The molecule has 3 heteroatoms. The fourth-order valence-electron chi connectivity index (χ4n) is 3.28. The van der Waals surface area contributed by atoms with Crippen molar-refractivity contribution in [3.8, 4) is 0 Å². The van der Waals surface area contributed by atoms with Crippen LogP contribution in [-0.4, -0.2) is 42.7 Å². The molecule has 1 saturated heterocycles. The van der Waals surface area contributed by atoms with Crippen LogP contribution in [0.4, 0.5) is 0 Å². The van der Waals surface area contributed by atoms with Crippen LogP contribution in [0.1, 0.15) is 51.9 Å². The van der Waals surface area contributed by atoms with Gasteiger partial charge in [-0.3, -0.25) is 0 Å². The molecule has 3 nitrogen and oxygen atoms in total. The van der Waals surface area contributed by atoms with E-state index in [0.29, 0.717) is 12.1 Å². The summed E-state index contributed by atoms with van der Waals surface area (Å²) >= 11 is 0. The Labute approximate surface area is 106 Å². The summed E-state index contributed by atoms with van der Waals surface area (Å²) in [5, 5.41) is 3.66. The molecule has 0 aromatic rings. The van der Waals surface area contributed by atoms with Crippen LogP contribution >= 0.6 is 0 Å². The van der Waals surface area contributed by atoms with Gasteiger partial charge in [0.1, 0.15) is 0 Å². The second-order valence-corrected chi connectivity index (χ2v) is 5.96. The molecule has 2 fully saturated rings. The highest BCUT2D eigenvalue weighted by atomic mass is 15.2. The van der Waals surface area contributed by atoms with Crippen LogP contribution < -0.4 is 11.1 Å². The fourth-order valence-corrected chi connectivity index (χ4v) is 3.28. The van der Waals surface area contributed by atoms with Gasteiger partial charge in [-0.25, -0.2) is 0 Å². The van der Waals surface area contributed by atoms with E-state index < -0.39 is 0 Å². The average molecular weight is 239 g/mol. The van der Waals surface area contributed by atoms with Crippen molar-refractivity contribution in [2.75, 3.05) is 19.6 Å². The molecule has 3 N–H and O–H groups in total. The van der Waals surface area contributed by atoms with E-state index in [4.69, 9.17) is 5.73 Å². The molecule has 0 bridgehead atoms. The quantitative estimate of drug-likeness (QED) is 0.718. The second kappa shape index (κ2) is 6.72. The highest BCUT2D eigenvalue weighted by Gasteiger charge is 2.21. The topological polar surface area (TPSA) is 41.3 Å². The van der Waals surface area contributed by atoms with E-state index in [1.807, 2.05) is 0 Å².